The van der Waals surface area contributed by atoms with Crippen LogP contribution in [0.2, 0.25) is 0 Å². The van der Waals surface area contributed by atoms with Crippen molar-refractivity contribution in [2.45, 2.75) is 53.6 Å². The highest BCUT2D eigenvalue weighted by molar-refractivity contribution is 5.74. The summed E-state index contributed by atoms with van der Waals surface area (Å²) in [5.74, 6) is 0.230. The third-order valence-electron chi connectivity index (χ3n) is 2.17. The zero-order valence-corrected chi connectivity index (χ0v) is 10.6. The molecule has 0 fully saturated rings. The average molecular weight is 212 g/mol. The minimum absolute atomic E-state index is 0.0393. The van der Waals surface area contributed by atoms with Gasteiger partial charge in [-0.15, -0.1) is 0 Å². The fraction of sp³-hybridized carbons (Fsp3) is 0.769. The minimum atomic E-state index is -0.133. The molecular formula is C13H24O2. The summed E-state index contributed by atoms with van der Waals surface area (Å²) >= 11 is 0. The van der Waals surface area contributed by atoms with Gasteiger partial charge in [-0.1, -0.05) is 39.3 Å². The molecule has 0 radical (unpaired) electrons. The van der Waals surface area contributed by atoms with Crippen molar-refractivity contribution in [2.75, 3.05) is 0 Å². The van der Waals surface area contributed by atoms with Crippen LogP contribution in [0, 0.1) is 11.8 Å². The van der Waals surface area contributed by atoms with Crippen molar-refractivity contribution in [2.24, 2.45) is 11.8 Å². The molecular weight excluding hydrogens is 188 g/mol. The van der Waals surface area contributed by atoms with Crippen molar-refractivity contribution in [3.05, 3.63) is 12.2 Å². The molecule has 88 valence electrons. The van der Waals surface area contributed by atoms with Gasteiger partial charge in [0.25, 0.3) is 0 Å². The van der Waals surface area contributed by atoms with E-state index in [4.69, 9.17) is 4.74 Å². The van der Waals surface area contributed by atoms with Gasteiger partial charge in [0.2, 0.25) is 0 Å². The maximum atomic E-state index is 11.6. The molecule has 0 aromatic heterocycles. The van der Waals surface area contributed by atoms with E-state index in [1.54, 1.807) is 0 Å². The predicted octanol–water partition coefficient (Wildman–Crippen LogP) is 3.57. The third-order valence-corrected chi connectivity index (χ3v) is 2.17. The first kappa shape index (κ1) is 14.2. The van der Waals surface area contributed by atoms with Gasteiger partial charge in [0.05, 0.1) is 12.0 Å². The van der Waals surface area contributed by atoms with Crippen LogP contribution >= 0.6 is 0 Å². The summed E-state index contributed by atoms with van der Waals surface area (Å²) in [7, 11) is 0. The Labute approximate surface area is 93.7 Å². The molecule has 0 spiro atoms. The molecule has 0 N–H and O–H groups in total. The topological polar surface area (TPSA) is 26.3 Å². The summed E-state index contributed by atoms with van der Waals surface area (Å²) in [6, 6.07) is 0. The fourth-order valence-corrected chi connectivity index (χ4v) is 1.24. The number of rotatable bonds is 6. The Morgan fingerprint density at radius 1 is 1.20 bits per heavy atom. The van der Waals surface area contributed by atoms with E-state index >= 15 is 0 Å². The van der Waals surface area contributed by atoms with Gasteiger partial charge in [0, 0.05) is 0 Å². The maximum Gasteiger partial charge on any atom is 0.312 e. The summed E-state index contributed by atoms with van der Waals surface area (Å²) in [4.78, 5) is 11.6. The van der Waals surface area contributed by atoms with Crippen LogP contribution in [0.25, 0.3) is 0 Å². The molecule has 0 aromatic carbocycles. The van der Waals surface area contributed by atoms with Gasteiger partial charge < -0.3 is 4.74 Å². The number of allylic oxidation sites excluding steroid dienone is 1. The molecule has 2 unspecified atom stereocenters. The van der Waals surface area contributed by atoms with E-state index < -0.39 is 0 Å². The average Bonchev–Trinajstić information content (AvgIpc) is 2.14. The lowest BCUT2D eigenvalue weighted by atomic mass is 10.1. The molecule has 2 atom stereocenters. The van der Waals surface area contributed by atoms with Gasteiger partial charge in [-0.05, 0) is 26.2 Å². The van der Waals surface area contributed by atoms with Crippen LogP contribution in [0.3, 0.4) is 0 Å². The second kappa shape index (κ2) is 7.49. The van der Waals surface area contributed by atoms with Gasteiger partial charge in [-0.2, -0.15) is 0 Å². The summed E-state index contributed by atoms with van der Waals surface area (Å²) in [6.45, 7) is 10.1. The van der Waals surface area contributed by atoms with Crippen LogP contribution < -0.4 is 0 Å². The number of hydrogen-bond acceptors (Lipinski definition) is 2. The lowest BCUT2D eigenvalue weighted by Gasteiger charge is -2.14. The molecule has 0 bridgehead atoms. The number of hydrogen-bond donors (Lipinski definition) is 0. The molecule has 0 aliphatic carbocycles. The van der Waals surface area contributed by atoms with Crippen LogP contribution in [0.1, 0.15) is 47.5 Å². The highest BCUT2D eigenvalue weighted by Gasteiger charge is 2.14. The lowest BCUT2D eigenvalue weighted by molar-refractivity contribution is -0.151. The molecule has 0 saturated heterocycles. The first-order valence-electron chi connectivity index (χ1n) is 5.86. The molecule has 15 heavy (non-hydrogen) atoms. The van der Waals surface area contributed by atoms with Gasteiger partial charge in [-0.25, -0.2) is 0 Å². The highest BCUT2D eigenvalue weighted by atomic mass is 16.5. The van der Waals surface area contributed by atoms with Crippen molar-refractivity contribution >= 4 is 5.97 Å². The second-order valence-electron chi connectivity index (χ2n) is 4.45. The molecule has 0 heterocycles. The summed E-state index contributed by atoms with van der Waals surface area (Å²) < 4.78 is 5.29. The summed E-state index contributed by atoms with van der Waals surface area (Å²) in [5.41, 5.74) is 0. The molecule has 0 aliphatic heterocycles. The van der Waals surface area contributed by atoms with E-state index in [0.29, 0.717) is 5.92 Å². The first-order chi connectivity index (χ1) is 6.97. The predicted molar refractivity (Wildman–Crippen MR) is 63.6 cm³/mol. The Bertz CT molecular complexity index is 207. The van der Waals surface area contributed by atoms with Gasteiger partial charge in [-0.3, -0.25) is 4.79 Å². The van der Waals surface area contributed by atoms with Crippen molar-refractivity contribution in [3.63, 3.8) is 0 Å². The van der Waals surface area contributed by atoms with Crippen molar-refractivity contribution in [1.29, 1.82) is 0 Å². The molecule has 0 aromatic rings. The van der Waals surface area contributed by atoms with E-state index in [1.807, 2.05) is 26.0 Å². The van der Waals surface area contributed by atoms with Gasteiger partial charge in [0.15, 0.2) is 0 Å². The number of carbonyl (C=O) groups excluding carboxylic acids is 1. The molecule has 2 nitrogen and oxygen atoms in total. The third kappa shape index (κ3) is 7.18. The van der Waals surface area contributed by atoms with E-state index in [-0.39, 0.29) is 18.0 Å². The Hall–Kier alpha value is -0.790. The largest absolute Gasteiger partial charge is 0.462 e. The minimum Gasteiger partial charge on any atom is -0.462 e. The Kier molecular flexibility index (Phi) is 7.10. The molecule has 0 saturated carbocycles. The van der Waals surface area contributed by atoms with E-state index in [2.05, 4.69) is 20.8 Å². The zero-order valence-electron chi connectivity index (χ0n) is 10.6. The fourth-order valence-electron chi connectivity index (χ4n) is 1.24. The monoisotopic (exact) mass is 212 g/mol. The van der Waals surface area contributed by atoms with Crippen LogP contribution in [-0.2, 0) is 9.53 Å². The molecule has 0 amide bonds. The number of ether oxygens (including phenoxy) is 1. The first-order valence-corrected chi connectivity index (χ1v) is 5.86. The summed E-state index contributed by atoms with van der Waals surface area (Å²) in [5, 5.41) is 0. The standard InChI is InChI=1S/C13H24O2/c1-6-7-12(5)15-13(14)11(4)9-8-10(2)3/h8-12H,6-7H2,1-5H3/b9-8-. The smallest absolute Gasteiger partial charge is 0.312 e. The zero-order chi connectivity index (χ0) is 11.8. The van der Waals surface area contributed by atoms with Crippen molar-refractivity contribution in [1.82, 2.24) is 0 Å². The Balaban J connectivity index is 3.98. The molecule has 0 aliphatic rings. The van der Waals surface area contributed by atoms with E-state index in [1.165, 1.54) is 0 Å². The van der Waals surface area contributed by atoms with Crippen molar-refractivity contribution in [3.8, 4) is 0 Å². The van der Waals surface area contributed by atoms with Crippen LogP contribution in [0.5, 0.6) is 0 Å². The van der Waals surface area contributed by atoms with E-state index in [0.717, 1.165) is 12.8 Å². The SMILES string of the molecule is CCCC(C)OC(=O)C(C)/C=C\C(C)C. The summed E-state index contributed by atoms with van der Waals surface area (Å²) in [6.07, 6.45) is 5.98. The van der Waals surface area contributed by atoms with Gasteiger partial charge >= 0.3 is 5.97 Å². The van der Waals surface area contributed by atoms with E-state index in [9.17, 15) is 4.79 Å². The quantitative estimate of drug-likeness (QED) is 0.497. The van der Waals surface area contributed by atoms with Gasteiger partial charge in [0.1, 0.15) is 0 Å². The molecule has 2 heteroatoms. The Morgan fingerprint density at radius 2 is 1.80 bits per heavy atom. The highest BCUT2D eigenvalue weighted by Crippen LogP contribution is 2.08. The number of esters is 1. The van der Waals surface area contributed by atoms with Crippen molar-refractivity contribution < 1.29 is 9.53 Å². The molecule has 0 rings (SSSR count). The van der Waals surface area contributed by atoms with Crippen LogP contribution in [0.15, 0.2) is 12.2 Å². The van der Waals surface area contributed by atoms with Crippen LogP contribution in [-0.4, -0.2) is 12.1 Å². The van der Waals surface area contributed by atoms with Crippen LogP contribution in [0.4, 0.5) is 0 Å². The lowest BCUT2D eigenvalue weighted by Crippen LogP contribution is -2.19. The normalized spacial score (nSPS) is 15.6. The number of carbonyl (C=O) groups is 1. The Morgan fingerprint density at radius 3 is 2.27 bits per heavy atom. The second-order valence-corrected chi connectivity index (χ2v) is 4.45. The maximum absolute atomic E-state index is 11.6.